The summed E-state index contributed by atoms with van der Waals surface area (Å²) < 4.78 is 0. The molecule has 0 saturated carbocycles. The van der Waals surface area contributed by atoms with Crippen molar-refractivity contribution in [3.63, 3.8) is 0 Å². The number of nitrogens with one attached hydrogen (secondary N) is 3. The first-order valence-electron chi connectivity index (χ1n) is 7.73. The van der Waals surface area contributed by atoms with Gasteiger partial charge in [-0.15, -0.1) is 0 Å². The predicted molar refractivity (Wildman–Crippen MR) is 95.9 cm³/mol. The summed E-state index contributed by atoms with van der Waals surface area (Å²) in [6, 6.07) is 18.1. The molecule has 4 aromatic rings. The molecule has 0 radical (unpaired) electrons. The van der Waals surface area contributed by atoms with Crippen molar-refractivity contribution in [3.05, 3.63) is 83.0 Å². The number of benzene rings is 2. The summed E-state index contributed by atoms with van der Waals surface area (Å²) in [7, 11) is 0. The average molecular weight is 316 g/mol. The number of aromatic nitrogens is 3. The van der Waals surface area contributed by atoms with E-state index >= 15 is 0 Å². The lowest BCUT2D eigenvalue weighted by molar-refractivity contribution is 1.14. The fourth-order valence-corrected chi connectivity index (χ4v) is 2.71. The maximum atomic E-state index is 11.4. The van der Waals surface area contributed by atoms with Crippen molar-refractivity contribution in [2.24, 2.45) is 0 Å². The van der Waals surface area contributed by atoms with Gasteiger partial charge in [0.1, 0.15) is 0 Å². The zero-order valence-electron chi connectivity index (χ0n) is 12.9. The van der Waals surface area contributed by atoms with Gasteiger partial charge in [-0.1, -0.05) is 36.4 Å². The molecule has 118 valence electrons. The number of fused-ring (bicyclic) bond motifs is 1. The largest absolute Gasteiger partial charge is 0.380 e. The highest BCUT2D eigenvalue weighted by Crippen LogP contribution is 2.24. The van der Waals surface area contributed by atoms with Crippen molar-refractivity contribution in [1.82, 2.24) is 15.0 Å². The van der Waals surface area contributed by atoms with Crippen molar-refractivity contribution in [2.75, 3.05) is 5.32 Å². The van der Waals surface area contributed by atoms with E-state index in [0.29, 0.717) is 0 Å². The molecule has 24 heavy (non-hydrogen) atoms. The van der Waals surface area contributed by atoms with Gasteiger partial charge in [0.2, 0.25) is 0 Å². The van der Waals surface area contributed by atoms with E-state index in [-0.39, 0.29) is 5.69 Å². The number of pyridine rings is 1. The van der Waals surface area contributed by atoms with E-state index in [9.17, 15) is 4.79 Å². The van der Waals surface area contributed by atoms with Crippen LogP contribution in [0.3, 0.4) is 0 Å². The summed E-state index contributed by atoms with van der Waals surface area (Å²) in [6.45, 7) is 0.746. The Morgan fingerprint density at radius 2 is 1.71 bits per heavy atom. The number of hydrogen-bond donors (Lipinski definition) is 3. The average Bonchev–Trinajstić information content (AvgIpc) is 3.00. The van der Waals surface area contributed by atoms with Crippen LogP contribution in [0, 0.1) is 0 Å². The maximum absolute atomic E-state index is 11.4. The fraction of sp³-hybridized carbons (Fsp3) is 0.0526. The van der Waals surface area contributed by atoms with E-state index in [1.165, 1.54) is 5.56 Å². The minimum absolute atomic E-state index is 0.196. The molecule has 4 rings (SSSR count). The van der Waals surface area contributed by atoms with Crippen LogP contribution in [-0.2, 0) is 6.54 Å². The van der Waals surface area contributed by atoms with Gasteiger partial charge in [-0.05, 0) is 29.3 Å². The second-order valence-electron chi connectivity index (χ2n) is 5.64. The van der Waals surface area contributed by atoms with Gasteiger partial charge in [0.25, 0.3) is 0 Å². The molecule has 2 aromatic heterocycles. The quantitative estimate of drug-likeness (QED) is 0.539. The van der Waals surface area contributed by atoms with Gasteiger partial charge in [-0.3, -0.25) is 4.98 Å². The number of imidazole rings is 1. The standard InChI is InChI=1S/C19H16N4O/c24-19-22-17-7-6-14(9-18(17)23-19)15-8-16(12-20-11-15)21-10-13-4-2-1-3-5-13/h1-9,11-12,21H,10H2,(H2,22,23,24). The first-order chi connectivity index (χ1) is 11.8. The van der Waals surface area contributed by atoms with Gasteiger partial charge in [0, 0.05) is 24.5 Å². The summed E-state index contributed by atoms with van der Waals surface area (Å²) in [5, 5.41) is 3.39. The highest BCUT2D eigenvalue weighted by molar-refractivity contribution is 5.81. The Hall–Kier alpha value is -3.34. The Kier molecular flexibility index (Phi) is 3.59. The first kappa shape index (κ1) is 14.3. The molecule has 0 aliphatic carbocycles. The summed E-state index contributed by atoms with van der Waals surface area (Å²) in [5.41, 5.74) is 5.58. The van der Waals surface area contributed by atoms with Crippen LogP contribution in [0.5, 0.6) is 0 Å². The lowest BCUT2D eigenvalue weighted by Gasteiger charge is -2.08. The fourth-order valence-electron chi connectivity index (χ4n) is 2.71. The van der Waals surface area contributed by atoms with Crippen molar-refractivity contribution in [2.45, 2.75) is 6.54 Å². The van der Waals surface area contributed by atoms with Crippen LogP contribution in [0.2, 0.25) is 0 Å². The molecular formula is C19H16N4O. The van der Waals surface area contributed by atoms with Gasteiger partial charge in [-0.2, -0.15) is 0 Å². The summed E-state index contributed by atoms with van der Waals surface area (Å²) >= 11 is 0. The molecule has 5 heteroatoms. The maximum Gasteiger partial charge on any atom is 0.323 e. The predicted octanol–water partition coefficient (Wildman–Crippen LogP) is 3.53. The molecule has 0 aliphatic heterocycles. The molecule has 0 amide bonds. The molecule has 0 atom stereocenters. The Labute approximate surface area is 138 Å². The van der Waals surface area contributed by atoms with Gasteiger partial charge in [0.05, 0.1) is 16.7 Å². The first-order valence-corrected chi connectivity index (χ1v) is 7.73. The van der Waals surface area contributed by atoms with Crippen molar-refractivity contribution >= 4 is 16.7 Å². The molecule has 0 unspecified atom stereocenters. The number of nitrogens with zero attached hydrogens (tertiary/aromatic N) is 1. The molecular weight excluding hydrogens is 300 g/mol. The van der Waals surface area contributed by atoms with Gasteiger partial charge in [0.15, 0.2) is 0 Å². The van der Waals surface area contributed by atoms with Crippen LogP contribution < -0.4 is 11.0 Å². The number of aromatic amines is 2. The van der Waals surface area contributed by atoms with Crippen LogP contribution in [0.15, 0.2) is 71.8 Å². The SMILES string of the molecule is O=c1[nH]c2ccc(-c3cncc(NCc4ccccc4)c3)cc2[nH]1. The number of H-pyrrole nitrogens is 2. The molecule has 3 N–H and O–H groups in total. The minimum Gasteiger partial charge on any atom is -0.380 e. The monoisotopic (exact) mass is 316 g/mol. The Balaban J connectivity index is 1.60. The van der Waals surface area contributed by atoms with E-state index in [1.807, 2.05) is 48.8 Å². The molecule has 2 aromatic carbocycles. The molecule has 0 bridgehead atoms. The second-order valence-corrected chi connectivity index (χ2v) is 5.64. The Morgan fingerprint density at radius 3 is 2.58 bits per heavy atom. The van der Waals surface area contributed by atoms with Crippen LogP contribution in [-0.4, -0.2) is 15.0 Å². The van der Waals surface area contributed by atoms with Crippen LogP contribution >= 0.6 is 0 Å². The highest BCUT2D eigenvalue weighted by atomic mass is 16.1. The molecule has 0 aliphatic rings. The third-order valence-corrected chi connectivity index (χ3v) is 3.93. The van der Waals surface area contributed by atoms with E-state index < -0.39 is 0 Å². The third-order valence-electron chi connectivity index (χ3n) is 3.93. The Bertz CT molecular complexity index is 1030. The van der Waals surface area contributed by atoms with Gasteiger partial charge in [-0.25, -0.2) is 4.79 Å². The van der Waals surface area contributed by atoms with E-state index in [2.05, 4.69) is 38.5 Å². The Morgan fingerprint density at radius 1 is 0.875 bits per heavy atom. The minimum atomic E-state index is -0.196. The van der Waals surface area contributed by atoms with Crippen LogP contribution in [0.25, 0.3) is 22.2 Å². The topological polar surface area (TPSA) is 73.6 Å². The normalized spacial score (nSPS) is 10.8. The second kappa shape index (κ2) is 6.04. The molecule has 5 nitrogen and oxygen atoms in total. The summed E-state index contributed by atoms with van der Waals surface area (Å²) in [4.78, 5) is 21.2. The van der Waals surface area contributed by atoms with Crippen molar-refractivity contribution in [1.29, 1.82) is 0 Å². The number of rotatable bonds is 4. The molecule has 0 fully saturated rings. The van der Waals surface area contributed by atoms with E-state index in [1.54, 1.807) is 0 Å². The van der Waals surface area contributed by atoms with Crippen molar-refractivity contribution < 1.29 is 0 Å². The third kappa shape index (κ3) is 2.92. The molecule has 0 saturated heterocycles. The van der Waals surface area contributed by atoms with Gasteiger partial charge >= 0.3 is 5.69 Å². The molecule has 0 spiro atoms. The van der Waals surface area contributed by atoms with Crippen LogP contribution in [0.1, 0.15) is 5.56 Å². The highest BCUT2D eigenvalue weighted by Gasteiger charge is 2.04. The lowest BCUT2D eigenvalue weighted by atomic mass is 10.1. The van der Waals surface area contributed by atoms with Crippen LogP contribution in [0.4, 0.5) is 5.69 Å². The van der Waals surface area contributed by atoms with E-state index in [0.717, 1.165) is 34.4 Å². The van der Waals surface area contributed by atoms with E-state index in [4.69, 9.17) is 0 Å². The summed E-state index contributed by atoms with van der Waals surface area (Å²) in [6.07, 6.45) is 3.63. The smallest absolute Gasteiger partial charge is 0.323 e. The zero-order valence-corrected chi connectivity index (χ0v) is 12.9. The zero-order chi connectivity index (χ0) is 16.4. The number of hydrogen-bond acceptors (Lipinski definition) is 3. The van der Waals surface area contributed by atoms with Gasteiger partial charge < -0.3 is 15.3 Å². The lowest BCUT2D eigenvalue weighted by Crippen LogP contribution is -1.99. The number of anilines is 1. The summed E-state index contributed by atoms with van der Waals surface area (Å²) in [5.74, 6) is 0. The molecule has 2 heterocycles. The van der Waals surface area contributed by atoms with Crippen molar-refractivity contribution in [3.8, 4) is 11.1 Å².